The topological polar surface area (TPSA) is 67.8 Å². The number of amidine groups is 1. The number of halogens is 3. The first-order chi connectivity index (χ1) is 7.40. The third-order valence-corrected chi connectivity index (χ3v) is 1.92. The standard InChI is InChI=1S/C9H9F3N2O2/c1-16-5-2-3-6(8(13)14-15)7(4-5)9(10,11)12/h2-4,15H,1H3,(H2,13,14). The number of rotatable bonds is 2. The molecule has 0 aliphatic heterocycles. The van der Waals surface area contributed by atoms with Crippen LogP contribution < -0.4 is 10.5 Å². The number of hydrogen-bond acceptors (Lipinski definition) is 3. The Labute approximate surface area is 89.1 Å². The highest BCUT2D eigenvalue weighted by molar-refractivity contribution is 5.98. The Morgan fingerprint density at radius 1 is 1.44 bits per heavy atom. The van der Waals surface area contributed by atoms with Crippen molar-refractivity contribution in [1.82, 2.24) is 0 Å². The van der Waals surface area contributed by atoms with Gasteiger partial charge in [-0.15, -0.1) is 0 Å². The van der Waals surface area contributed by atoms with E-state index in [9.17, 15) is 13.2 Å². The van der Waals surface area contributed by atoms with Crippen molar-refractivity contribution >= 4 is 5.84 Å². The van der Waals surface area contributed by atoms with Crippen LogP contribution in [-0.4, -0.2) is 18.2 Å². The van der Waals surface area contributed by atoms with Crippen LogP contribution in [0.15, 0.2) is 23.4 Å². The van der Waals surface area contributed by atoms with E-state index >= 15 is 0 Å². The lowest BCUT2D eigenvalue weighted by Crippen LogP contribution is -2.20. The van der Waals surface area contributed by atoms with Crippen LogP contribution in [0.4, 0.5) is 13.2 Å². The first-order valence-corrected chi connectivity index (χ1v) is 4.13. The molecule has 1 aromatic rings. The van der Waals surface area contributed by atoms with Gasteiger partial charge in [-0.25, -0.2) is 0 Å². The number of ether oxygens (including phenoxy) is 1. The average molecular weight is 234 g/mol. The van der Waals surface area contributed by atoms with Gasteiger partial charge in [0, 0.05) is 5.56 Å². The lowest BCUT2D eigenvalue weighted by atomic mass is 10.1. The second-order valence-electron chi connectivity index (χ2n) is 2.89. The molecule has 16 heavy (non-hydrogen) atoms. The second-order valence-corrected chi connectivity index (χ2v) is 2.89. The molecule has 0 aromatic heterocycles. The number of methoxy groups -OCH3 is 1. The van der Waals surface area contributed by atoms with Crippen LogP contribution in [0.25, 0.3) is 0 Å². The Kier molecular flexibility index (Phi) is 3.26. The van der Waals surface area contributed by atoms with Gasteiger partial charge in [0.25, 0.3) is 0 Å². The molecule has 0 aliphatic rings. The van der Waals surface area contributed by atoms with Crippen LogP contribution in [0.5, 0.6) is 5.75 Å². The van der Waals surface area contributed by atoms with Crippen LogP contribution in [0.3, 0.4) is 0 Å². The van der Waals surface area contributed by atoms with E-state index in [0.717, 1.165) is 12.1 Å². The minimum Gasteiger partial charge on any atom is -0.497 e. The molecule has 0 saturated heterocycles. The Bertz CT molecular complexity index is 416. The number of oxime groups is 1. The zero-order chi connectivity index (χ0) is 12.3. The highest BCUT2D eigenvalue weighted by Gasteiger charge is 2.34. The molecule has 0 heterocycles. The highest BCUT2D eigenvalue weighted by Crippen LogP contribution is 2.34. The van der Waals surface area contributed by atoms with E-state index in [2.05, 4.69) is 9.89 Å². The number of alkyl halides is 3. The molecular weight excluding hydrogens is 225 g/mol. The molecule has 0 bridgehead atoms. The summed E-state index contributed by atoms with van der Waals surface area (Å²) in [6, 6.07) is 3.16. The molecule has 1 aromatic carbocycles. The van der Waals surface area contributed by atoms with Crippen LogP contribution in [0.1, 0.15) is 11.1 Å². The van der Waals surface area contributed by atoms with Crippen LogP contribution in [0, 0.1) is 0 Å². The summed E-state index contributed by atoms with van der Waals surface area (Å²) < 4.78 is 42.5. The number of benzene rings is 1. The normalized spacial score (nSPS) is 12.6. The predicted octanol–water partition coefficient (Wildman–Crippen LogP) is 1.81. The largest absolute Gasteiger partial charge is 0.497 e. The molecule has 1 rings (SSSR count). The Morgan fingerprint density at radius 2 is 2.06 bits per heavy atom. The summed E-state index contributed by atoms with van der Waals surface area (Å²) in [5.74, 6) is -0.559. The maximum Gasteiger partial charge on any atom is 0.417 e. The molecule has 0 unspecified atom stereocenters. The van der Waals surface area contributed by atoms with Crippen molar-refractivity contribution in [1.29, 1.82) is 0 Å². The fraction of sp³-hybridized carbons (Fsp3) is 0.222. The highest BCUT2D eigenvalue weighted by atomic mass is 19.4. The van der Waals surface area contributed by atoms with Crippen molar-refractivity contribution in [3.8, 4) is 5.75 Å². The van der Waals surface area contributed by atoms with Crippen molar-refractivity contribution in [3.63, 3.8) is 0 Å². The van der Waals surface area contributed by atoms with Crippen LogP contribution in [0.2, 0.25) is 0 Å². The molecule has 0 atom stereocenters. The van der Waals surface area contributed by atoms with Crippen molar-refractivity contribution in [2.24, 2.45) is 10.9 Å². The van der Waals surface area contributed by atoms with Gasteiger partial charge in [-0.1, -0.05) is 5.16 Å². The lowest BCUT2D eigenvalue weighted by molar-refractivity contribution is -0.137. The zero-order valence-corrected chi connectivity index (χ0v) is 8.25. The third-order valence-electron chi connectivity index (χ3n) is 1.92. The second kappa shape index (κ2) is 4.30. The van der Waals surface area contributed by atoms with Gasteiger partial charge in [-0.05, 0) is 18.2 Å². The fourth-order valence-corrected chi connectivity index (χ4v) is 1.16. The average Bonchev–Trinajstić information content (AvgIpc) is 2.26. The van der Waals surface area contributed by atoms with E-state index in [1.54, 1.807) is 0 Å². The van der Waals surface area contributed by atoms with Gasteiger partial charge >= 0.3 is 6.18 Å². The van der Waals surface area contributed by atoms with Gasteiger partial charge in [0.05, 0.1) is 12.7 Å². The van der Waals surface area contributed by atoms with E-state index < -0.39 is 23.1 Å². The van der Waals surface area contributed by atoms with Crippen LogP contribution >= 0.6 is 0 Å². The first-order valence-electron chi connectivity index (χ1n) is 4.13. The molecule has 0 amide bonds. The van der Waals surface area contributed by atoms with E-state index in [-0.39, 0.29) is 5.75 Å². The first kappa shape index (κ1) is 12.2. The monoisotopic (exact) mass is 234 g/mol. The minimum atomic E-state index is -4.60. The Hall–Kier alpha value is -1.92. The van der Waals surface area contributed by atoms with E-state index in [1.807, 2.05) is 0 Å². The molecule has 0 spiro atoms. The van der Waals surface area contributed by atoms with Crippen molar-refractivity contribution < 1.29 is 23.1 Å². The SMILES string of the molecule is COc1ccc(/C(N)=N/O)c(C(F)(F)F)c1. The molecule has 7 heteroatoms. The summed E-state index contributed by atoms with van der Waals surface area (Å²) in [7, 11) is 1.25. The lowest BCUT2D eigenvalue weighted by Gasteiger charge is -2.13. The maximum atomic E-state index is 12.6. The molecule has 0 fully saturated rings. The molecule has 88 valence electrons. The molecule has 0 aliphatic carbocycles. The molecule has 4 nitrogen and oxygen atoms in total. The summed E-state index contributed by atoms with van der Waals surface area (Å²) in [4.78, 5) is 0. The number of hydrogen-bond donors (Lipinski definition) is 2. The van der Waals surface area contributed by atoms with E-state index in [4.69, 9.17) is 10.9 Å². The molecule has 0 radical (unpaired) electrons. The summed E-state index contributed by atoms with van der Waals surface area (Å²) >= 11 is 0. The van der Waals surface area contributed by atoms with Gasteiger partial charge in [-0.2, -0.15) is 13.2 Å². The molecule has 3 N–H and O–H groups in total. The van der Waals surface area contributed by atoms with Gasteiger partial charge in [-0.3, -0.25) is 0 Å². The zero-order valence-electron chi connectivity index (χ0n) is 8.25. The summed E-state index contributed by atoms with van der Waals surface area (Å²) in [5.41, 5.74) is 3.74. The maximum absolute atomic E-state index is 12.6. The Balaban J connectivity index is 3.39. The van der Waals surface area contributed by atoms with Gasteiger partial charge in [0.15, 0.2) is 5.84 Å². The number of nitrogens with two attached hydrogens (primary N) is 1. The van der Waals surface area contributed by atoms with E-state index in [1.165, 1.54) is 13.2 Å². The molecule has 0 saturated carbocycles. The summed E-state index contributed by atoms with van der Waals surface area (Å²) in [6.07, 6.45) is -4.60. The fourth-order valence-electron chi connectivity index (χ4n) is 1.16. The predicted molar refractivity (Wildman–Crippen MR) is 50.5 cm³/mol. The van der Waals surface area contributed by atoms with Crippen molar-refractivity contribution in [2.45, 2.75) is 6.18 Å². The van der Waals surface area contributed by atoms with Crippen molar-refractivity contribution in [2.75, 3.05) is 7.11 Å². The van der Waals surface area contributed by atoms with Crippen LogP contribution in [-0.2, 0) is 6.18 Å². The Morgan fingerprint density at radius 3 is 2.50 bits per heavy atom. The molecular formula is C9H9F3N2O2. The quantitative estimate of drug-likeness (QED) is 0.355. The van der Waals surface area contributed by atoms with Gasteiger partial charge in [0.1, 0.15) is 5.75 Å². The van der Waals surface area contributed by atoms with Crippen molar-refractivity contribution in [3.05, 3.63) is 29.3 Å². The minimum absolute atomic E-state index is 0.0433. The number of nitrogens with zero attached hydrogens (tertiary/aromatic N) is 1. The van der Waals surface area contributed by atoms with E-state index in [0.29, 0.717) is 0 Å². The summed E-state index contributed by atoms with van der Waals surface area (Å²) in [5, 5.41) is 10.9. The van der Waals surface area contributed by atoms with Gasteiger partial charge in [0.2, 0.25) is 0 Å². The third kappa shape index (κ3) is 2.36. The smallest absolute Gasteiger partial charge is 0.417 e. The van der Waals surface area contributed by atoms with Gasteiger partial charge < -0.3 is 15.7 Å². The summed E-state index contributed by atoms with van der Waals surface area (Å²) in [6.45, 7) is 0.